The summed E-state index contributed by atoms with van der Waals surface area (Å²) in [5, 5.41) is 4.02. The second-order valence-corrected chi connectivity index (χ2v) is 9.08. The van der Waals surface area contributed by atoms with Crippen LogP contribution in [0.1, 0.15) is 22.3 Å². The van der Waals surface area contributed by atoms with E-state index in [9.17, 15) is 4.79 Å². The maximum absolute atomic E-state index is 13.3. The summed E-state index contributed by atoms with van der Waals surface area (Å²) in [4.78, 5) is 26.0. The number of aromatic nitrogens is 2. The van der Waals surface area contributed by atoms with Crippen molar-refractivity contribution in [3.05, 3.63) is 78.0 Å². The summed E-state index contributed by atoms with van der Waals surface area (Å²) in [5.41, 5.74) is 12.0. The van der Waals surface area contributed by atoms with E-state index in [4.69, 9.17) is 5.73 Å². The Balaban J connectivity index is 1.57. The van der Waals surface area contributed by atoms with Crippen LogP contribution in [0.4, 0.5) is 17.3 Å². The molecule has 0 saturated heterocycles. The molecule has 0 radical (unpaired) electrons. The van der Waals surface area contributed by atoms with Crippen LogP contribution >= 0.6 is 0 Å². The first-order chi connectivity index (χ1) is 16.8. The Morgan fingerprint density at radius 1 is 1.00 bits per heavy atom. The third-order valence-electron chi connectivity index (χ3n) is 6.07. The number of aryl methyl sites for hydroxylation is 1. The number of hydrogen-bond donors (Lipinski definition) is 2. The molecule has 0 aliphatic rings. The topological polar surface area (TPSA) is 87.4 Å². The Labute approximate surface area is 206 Å². The van der Waals surface area contributed by atoms with Gasteiger partial charge < -0.3 is 20.9 Å². The maximum Gasteiger partial charge on any atom is 0.255 e. The summed E-state index contributed by atoms with van der Waals surface area (Å²) >= 11 is 0. The van der Waals surface area contributed by atoms with Crippen LogP contribution in [0.25, 0.3) is 22.0 Å². The Bertz CT molecular complexity index is 1350. The first-order valence-electron chi connectivity index (χ1n) is 11.7. The monoisotopic (exact) mass is 468 g/mol. The largest absolute Gasteiger partial charge is 0.373 e. The van der Waals surface area contributed by atoms with E-state index in [1.165, 1.54) is 0 Å². The standard InChI is InChI=1S/C28H32N6O/c1-19-10-11-21(17-23(19)20-12-13-24-22(16-20)18-30-28(29)32-24)27(35)31-25-8-5-6-9-26(25)34(4)15-7-14-33(2)3/h5-6,8-13,16-18H,7,14-15H2,1-4H3,(H,31,35)(H2,29,30,32). The number of nitrogens with two attached hydrogens (primary N) is 1. The van der Waals surface area contributed by atoms with E-state index in [2.05, 4.69) is 46.2 Å². The van der Waals surface area contributed by atoms with Gasteiger partial charge in [0, 0.05) is 30.7 Å². The summed E-state index contributed by atoms with van der Waals surface area (Å²) in [6, 6.07) is 19.6. The van der Waals surface area contributed by atoms with E-state index in [0.29, 0.717) is 5.56 Å². The number of carbonyl (C=O) groups excluding carboxylic acids is 1. The molecular formula is C28H32N6O. The third kappa shape index (κ3) is 5.75. The Hall–Kier alpha value is -3.97. The number of nitrogens with zero attached hydrogens (tertiary/aromatic N) is 4. The maximum atomic E-state index is 13.3. The van der Waals surface area contributed by atoms with E-state index in [1.807, 2.05) is 67.6 Å². The number of nitrogen functional groups attached to an aromatic ring is 1. The van der Waals surface area contributed by atoms with E-state index < -0.39 is 0 Å². The molecule has 0 unspecified atom stereocenters. The summed E-state index contributed by atoms with van der Waals surface area (Å²) in [6.07, 6.45) is 2.76. The molecule has 0 fully saturated rings. The van der Waals surface area contributed by atoms with Crippen molar-refractivity contribution in [3.8, 4) is 11.1 Å². The number of para-hydroxylation sites is 2. The number of nitrogens with one attached hydrogen (secondary N) is 1. The second kappa shape index (κ2) is 10.5. The fraction of sp³-hybridized carbons (Fsp3) is 0.250. The zero-order chi connectivity index (χ0) is 24.9. The van der Waals surface area contributed by atoms with E-state index in [-0.39, 0.29) is 11.9 Å². The lowest BCUT2D eigenvalue weighted by molar-refractivity contribution is 0.102. The third-order valence-corrected chi connectivity index (χ3v) is 6.07. The number of amides is 1. The van der Waals surface area contributed by atoms with Crippen LogP contribution in [0.3, 0.4) is 0 Å². The minimum atomic E-state index is -0.141. The van der Waals surface area contributed by atoms with Crippen LogP contribution in [-0.4, -0.2) is 55.0 Å². The smallest absolute Gasteiger partial charge is 0.255 e. The highest BCUT2D eigenvalue weighted by atomic mass is 16.1. The van der Waals surface area contributed by atoms with Crippen LogP contribution in [0.2, 0.25) is 0 Å². The van der Waals surface area contributed by atoms with Crippen LogP contribution in [-0.2, 0) is 0 Å². The molecule has 4 rings (SSSR count). The number of hydrogen-bond acceptors (Lipinski definition) is 6. The molecule has 0 spiro atoms. The van der Waals surface area contributed by atoms with Gasteiger partial charge in [-0.1, -0.05) is 24.3 Å². The normalized spacial score (nSPS) is 11.1. The zero-order valence-corrected chi connectivity index (χ0v) is 20.7. The minimum absolute atomic E-state index is 0.141. The van der Waals surface area contributed by atoms with Gasteiger partial charge in [0.2, 0.25) is 5.95 Å². The molecule has 1 aromatic heterocycles. The quantitative estimate of drug-likeness (QED) is 0.385. The van der Waals surface area contributed by atoms with E-state index in [0.717, 1.165) is 58.5 Å². The van der Waals surface area contributed by atoms with Crippen LogP contribution in [0.15, 0.2) is 66.9 Å². The van der Waals surface area contributed by atoms with Gasteiger partial charge in [-0.05, 0) is 87.1 Å². The SMILES string of the molecule is Cc1ccc(C(=O)Nc2ccccc2N(C)CCCN(C)C)cc1-c1ccc2nc(N)ncc2c1. The van der Waals surface area contributed by atoms with E-state index in [1.54, 1.807) is 6.20 Å². The molecule has 0 atom stereocenters. The molecule has 0 bridgehead atoms. The Kier molecular flexibility index (Phi) is 7.27. The average Bonchev–Trinajstić information content (AvgIpc) is 2.84. The summed E-state index contributed by atoms with van der Waals surface area (Å²) in [7, 11) is 6.21. The first kappa shape index (κ1) is 24.2. The van der Waals surface area contributed by atoms with Gasteiger partial charge in [-0.3, -0.25) is 4.79 Å². The Morgan fingerprint density at radius 2 is 1.80 bits per heavy atom. The van der Waals surface area contributed by atoms with Crippen LogP contribution < -0.4 is 16.0 Å². The van der Waals surface area contributed by atoms with Crippen molar-refractivity contribution in [2.24, 2.45) is 0 Å². The van der Waals surface area contributed by atoms with Crippen LogP contribution in [0.5, 0.6) is 0 Å². The van der Waals surface area contributed by atoms with Gasteiger partial charge in [0.05, 0.1) is 16.9 Å². The van der Waals surface area contributed by atoms with Gasteiger partial charge >= 0.3 is 0 Å². The van der Waals surface area contributed by atoms with Gasteiger partial charge in [0.25, 0.3) is 5.91 Å². The predicted molar refractivity (Wildman–Crippen MR) is 145 cm³/mol. The molecule has 7 nitrogen and oxygen atoms in total. The number of rotatable bonds is 8. The summed E-state index contributed by atoms with van der Waals surface area (Å²) < 4.78 is 0. The highest BCUT2D eigenvalue weighted by Crippen LogP contribution is 2.29. The van der Waals surface area contributed by atoms with Crippen molar-refractivity contribution >= 4 is 34.1 Å². The van der Waals surface area contributed by atoms with Crippen LogP contribution in [0, 0.1) is 6.92 Å². The molecule has 35 heavy (non-hydrogen) atoms. The molecule has 1 heterocycles. The minimum Gasteiger partial charge on any atom is -0.373 e. The number of fused-ring (bicyclic) bond motifs is 1. The van der Waals surface area contributed by atoms with Crippen molar-refractivity contribution in [1.82, 2.24) is 14.9 Å². The van der Waals surface area contributed by atoms with Gasteiger partial charge in [0.1, 0.15) is 0 Å². The predicted octanol–water partition coefficient (Wildman–Crippen LogP) is 4.83. The fourth-order valence-corrected chi connectivity index (χ4v) is 4.14. The molecule has 4 aromatic rings. The van der Waals surface area contributed by atoms with Crippen molar-refractivity contribution < 1.29 is 4.79 Å². The van der Waals surface area contributed by atoms with Crippen molar-refractivity contribution in [3.63, 3.8) is 0 Å². The van der Waals surface area contributed by atoms with Gasteiger partial charge in [-0.2, -0.15) is 0 Å². The van der Waals surface area contributed by atoms with Gasteiger partial charge in [0.15, 0.2) is 0 Å². The van der Waals surface area contributed by atoms with Crippen molar-refractivity contribution in [2.45, 2.75) is 13.3 Å². The second-order valence-electron chi connectivity index (χ2n) is 9.08. The molecule has 3 N–H and O–H groups in total. The highest BCUT2D eigenvalue weighted by molar-refractivity contribution is 6.06. The van der Waals surface area contributed by atoms with Gasteiger partial charge in [-0.25, -0.2) is 9.97 Å². The number of carbonyl (C=O) groups is 1. The fourth-order valence-electron chi connectivity index (χ4n) is 4.14. The lowest BCUT2D eigenvalue weighted by Gasteiger charge is -2.23. The average molecular weight is 469 g/mol. The number of benzene rings is 3. The number of anilines is 3. The molecular weight excluding hydrogens is 436 g/mol. The van der Waals surface area contributed by atoms with Crippen molar-refractivity contribution in [1.29, 1.82) is 0 Å². The van der Waals surface area contributed by atoms with E-state index >= 15 is 0 Å². The zero-order valence-electron chi connectivity index (χ0n) is 20.7. The molecule has 1 amide bonds. The lowest BCUT2D eigenvalue weighted by atomic mass is 9.97. The highest BCUT2D eigenvalue weighted by Gasteiger charge is 2.14. The van der Waals surface area contributed by atoms with Crippen molar-refractivity contribution in [2.75, 3.05) is 50.2 Å². The first-order valence-corrected chi connectivity index (χ1v) is 11.7. The molecule has 0 saturated carbocycles. The molecule has 3 aromatic carbocycles. The molecule has 0 aliphatic carbocycles. The summed E-state index contributed by atoms with van der Waals surface area (Å²) in [5.74, 6) is 0.112. The summed E-state index contributed by atoms with van der Waals surface area (Å²) in [6.45, 7) is 3.95. The molecule has 0 aliphatic heterocycles. The Morgan fingerprint density at radius 3 is 2.60 bits per heavy atom. The molecule has 7 heteroatoms. The van der Waals surface area contributed by atoms with Gasteiger partial charge in [-0.15, -0.1) is 0 Å². The lowest BCUT2D eigenvalue weighted by Crippen LogP contribution is -2.24. The molecule has 180 valence electrons.